The van der Waals surface area contributed by atoms with Crippen LogP contribution in [0.25, 0.3) is 0 Å². The molecule has 2 aliphatic heterocycles. The van der Waals surface area contributed by atoms with Gasteiger partial charge in [-0.2, -0.15) is 0 Å². The number of ether oxygens (including phenoxy) is 1. The highest BCUT2D eigenvalue weighted by molar-refractivity contribution is 5.89. The summed E-state index contributed by atoms with van der Waals surface area (Å²) < 4.78 is 5.47. The van der Waals surface area contributed by atoms with Crippen LogP contribution in [0.15, 0.2) is 4.99 Å². The Morgan fingerprint density at radius 2 is 2.05 bits per heavy atom. The van der Waals surface area contributed by atoms with Crippen molar-refractivity contribution in [1.29, 1.82) is 0 Å². The molecule has 0 bridgehead atoms. The van der Waals surface area contributed by atoms with Gasteiger partial charge in [0.15, 0.2) is 5.90 Å². The molecule has 0 aromatic carbocycles. The molecule has 0 aromatic rings. The summed E-state index contributed by atoms with van der Waals surface area (Å²) in [7, 11) is 0. The molecule has 2 heterocycles. The first-order valence-electron chi connectivity index (χ1n) is 7.76. The number of amides is 1. The maximum atomic E-state index is 11.9. The molecule has 0 radical (unpaired) electrons. The Kier molecular flexibility index (Phi) is 5.67. The van der Waals surface area contributed by atoms with Crippen molar-refractivity contribution in [1.82, 2.24) is 4.90 Å². The molecular weight excluding hydrogens is 240 g/mol. The van der Waals surface area contributed by atoms with Crippen molar-refractivity contribution in [3.63, 3.8) is 0 Å². The van der Waals surface area contributed by atoms with Gasteiger partial charge in [0, 0.05) is 19.5 Å². The summed E-state index contributed by atoms with van der Waals surface area (Å²) in [5.41, 5.74) is 0. The van der Waals surface area contributed by atoms with E-state index >= 15 is 0 Å². The molecule has 4 heteroatoms. The van der Waals surface area contributed by atoms with Crippen molar-refractivity contribution < 1.29 is 9.53 Å². The highest BCUT2D eigenvalue weighted by Crippen LogP contribution is 2.22. The van der Waals surface area contributed by atoms with Crippen LogP contribution in [0.4, 0.5) is 0 Å². The summed E-state index contributed by atoms with van der Waals surface area (Å²) in [6, 6.07) is 0. The van der Waals surface area contributed by atoms with Gasteiger partial charge in [-0.1, -0.05) is 39.0 Å². The SMILES string of the molecule is CCCCCCCCN1CC(C2=NCCO2)CC1=O. The third kappa shape index (κ3) is 4.22. The van der Waals surface area contributed by atoms with E-state index in [-0.39, 0.29) is 11.8 Å². The van der Waals surface area contributed by atoms with E-state index in [0.717, 1.165) is 32.0 Å². The zero-order chi connectivity index (χ0) is 13.5. The van der Waals surface area contributed by atoms with Crippen LogP contribution in [-0.2, 0) is 9.53 Å². The van der Waals surface area contributed by atoms with Crippen LogP contribution in [-0.4, -0.2) is 42.9 Å². The molecule has 0 aliphatic carbocycles. The molecule has 2 rings (SSSR count). The standard InChI is InChI=1S/C15H26N2O2/c1-2-3-4-5-6-7-9-17-12-13(11-14(17)18)15-16-8-10-19-15/h13H,2-12H2,1H3. The third-order valence-corrected chi connectivity index (χ3v) is 3.95. The number of aliphatic imine (C=N–C) groups is 1. The number of hydrogen-bond donors (Lipinski definition) is 0. The van der Waals surface area contributed by atoms with Gasteiger partial charge in [-0.15, -0.1) is 0 Å². The van der Waals surface area contributed by atoms with Crippen molar-refractivity contribution in [3.05, 3.63) is 0 Å². The fraction of sp³-hybridized carbons (Fsp3) is 0.867. The van der Waals surface area contributed by atoms with Gasteiger partial charge in [0.25, 0.3) is 0 Å². The smallest absolute Gasteiger partial charge is 0.223 e. The fourth-order valence-electron chi connectivity index (χ4n) is 2.84. The van der Waals surface area contributed by atoms with E-state index in [2.05, 4.69) is 11.9 Å². The van der Waals surface area contributed by atoms with E-state index in [1.165, 1.54) is 32.1 Å². The average molecular weight is 266 g/mol. The number of likely N-dealkylation sites (tertiary alicyclic amines) is 1. The molecule has 0 N–H and O–H groups in total. The lowest BCUT2D eigenvalue weighted by molar-refractivity contribution is -0.127. The Bertz CT molecular complexity index is 328. The van der Waals surface area contributed by atoms with Gasteiger partial charge >= 0.3 is 0 Å². The molecule has 19 heavy (non-hydrogen) atoms. The van der Waals surface area contributed by atoms with Gasteiger partial charge in [-0.25, -0.2) is 0 Å². The Balaban J connectivity index is 1.63. The number of carbonyl (C=O) groups excluding carboxylic acids is 1. The van der Waals surface area contributed by atoms with E-state index in [9.17, 15) is 4.79 Å². The van der Waals surface area contributed by atoms with Crippen LogP contribution in [0, 0.1) is 5.92 Å². The highest BCUT2D eigenvalue weighted by Gasteiger charge is 2.34. The first-order chi connectivity index (χ1) is 9.31. The van der Waals surface area contributed by atoms with Gasteiger partial charge in [-0.3, -0.25) is 9.79 Å². The van der Waals surface area contributed by atoms with Crippen LogP contribution >= 0.6 is 0 Å². The van der Waals surface area contributed by atoms with Crippen LogP contribution in [0.1, 0.15) is 51.9 Å². The molecular formula is C15H26N2O2. The van der Waals surface area contributed by atoms with Crippen molar-refractivity contribution >= 4 is 11.8 Å². The molecule has 2 aliphatic rings. The number of rotatable bonds is 8. The second-order valence-electron chi connectivity index (χ2n) is 5.58. The monoisotopic (exact) mass is 266 g/mol. The molecule has 0 saturated carbocycles. The topological polar surface area (TPSA) is 41.9 Å². The highest BCUT2D eigenvalue weighted by atomic mass is 16.5. The summed E-state index contributed by atoms with van der Waals surface area (Å²) in [4.78, 5) is 18.3. The Morgan fingerprint density at radius 3 is 2.79 bits per heavy atom. The summed E-state index contributed by atoms with van der Waals surface area (Å²) in [6.45, 7) is 5.41. The van der Waals surface area contributed by atoms with Crippen LogP contribution < -0.4 is 0 Å². The first kappa shape index (κ1) is 14.4. The summed E-state index contributed by atoms with van der Waals surface area (Å²) in [5, 5.41) is 0. The Hall–Kier alpha value is -1.06. The quantitative estimate of drug-likeness (QED) is 0.634. The largest absolute Gasteiger partial charge is 0.479 e. The molecule has 1 atom stereocenters. The van der Waals surface area contributed by atoms with E-state index in [1.54, 1.807) is 0 Å². The Labute approximate surface area is 116 Å². The lowest BCUT2D eigenvalue weighted by Crippen LogP contribution is -2.27. The van der Waals surface area contributed by atoms with E-state index in [1.807, 2.05) is 4.90 Å². The molecule has 1 amide bonds. The second kappa shape index (κ2) is 7.51. The number of hydrogen-bond acceptors (Lipinski definition) is 3. The minimum absolute atomic E-state index is 0.218. The lowest BCUT2D eigenvalue weighted by Gasteiger charge is -2.16. The number of carbonyl (C=O) groups is 1. The predicted octanol–water partition coefficient (Wildman–Crippen LogP) is 2.62. The van der Waals surface area contributed by atoms with Crippen molar-refractivity contribution in [2.24, 2.45) is 10.9 Å². The normalized spacial score (nSPS) is 22.8. The second-order valence-corrected chi connectivity index (χ2v) is 5.58. The van der Waals surface area contributed by atoms with Crippen LogP contribution in [0.2, 0.25) is 0 Å². The Morgan fingerprint density at radius 1 is 1.26 bits per heavy atom. The van der Waals surface area contributed by atoms with Crippen LogP contribution in [0.5, 0.6) is 0 Å². The third-order valence-electron chi connectivity index (χ3n) is 3.95. The summed E-state index contributed by atoms with van der Waals surface area (Å²) in [6.07, 6.45) is 8.22. The summed E-state index contributed by atoms with van der Waals surface area (Å²) in [5.74, 6) is 1.31. The zero-order valence-electron chi connectivity index (χ0n) is 12.1. The molecule has 1 fully saturated rings. The van der Waals surface area contributed by atoms with Crippen LogP contribution in [0.3, 0.4) is 0 Å². The zero-order valence-corrected chi connectivity index (χ0v) is 12.1. The molecule has 0 spiro atoms. The lowest BCUT2D eigenvalue weighted by atomic mass is 10.1. The summed E-state index contributed by atoms with van der Waals surface area (Å²) >= 11 is 0. The first-order valence-corrected chi connectivity index (χ1v) is 7.76. The van der Waals surface area contributed by atoms with Gasteiger partial charge in [0.05, 0.1) is 12.5 Å². The maximum Gasteiger partial charge on any atom is 0.223 e. The minimum atomic E-state index is 0.218. The van der Waals surface area contributed by atoms with Crippen molar-refractivity contribution in [3.8, 4) is 0 Å². The fourth-order valence-corrected chi connectivity index (χ4v) is 2.84. The van der Waals surface area contributed by atoms with Crippen molar-refractivity contribution in [2.75, 3.05) is 26.2 Å². The molecule has 1 unspecified atom stereocenters. The van der Waals surface area contributed by atoms with E-state index < -0.39 is 0 Å². The number of nitrogens with zero attached hydrogens (tertiary/aromatic N) is 2. The molecule has 4 nitrogen and oxygen atoms in total. The predicted molar refractivity (Wildman–Crippen MR) is 76.3 cm³/mol. The number of unbranched alkanes of at least 4 members (excludes halogenated alkanes) is 5. The van der Waals surface area contributed by atoms with Gasteiger partial charge in [-0.05, 0) is 6.42 Å². The minimum Gasteiger partial charge on any atom is -0.479 e. The van der Waals surface area contributed by atoms with Gasteiger partial charge in [0.2, 0.25) is 5.91 Å². The molecule has 108 valence electrons. The molecule has 1 saturated heterocycles. The molecule has 0 aromatic heterocycles. The van der Waals surface area contributed by atoms with Crippen molar-refractivity contribution in [2.45, 2.75) is 51.9 Å². The average Bonchev–Trinajstić information content (AvgIpc) is 3.03. The van der Waals surface area contributed by atoms with Gasteiger partial charge in [0.1, 0.15) is 6.61 Å². The maximum absolute atomic E-state index is 11.9. The van der Waals surface area contributed by atoms with Gasteiger partial charge < -0.3 is 9.64 Å². The van der Waals surface area contributed by atoms with E-state index in [4.69, 9.17) is 4.74 Å². The van der Waals surface area contributed by atoms with E-state index in [0.29, 0.717) is 13.0 Å².